The first-order valence-electron chi connectivity index (χ1n) is 9.77. The molecule has 140 valence electrons. The Morgan fingerprint density at radius 1 is 1.27 bits per heavy atom. The maximum atomic E-state index is 12.7. The zero-order valence-corrected chi connectivity index (χ0v) is 15.4. The number of hydrogen-bond donors (Lipinski definition) is 2. The second kappa shape index (κ2) is 7.37. The van der Waals surface area contributed by atoms with Crippen LogP contribution in [-0.2, 0) is 11.2 Å². The van der Waals surface area contributed by atoms with Crippen molar-refractivity contribution in [2.24, 2.45) is 0 Å². The summed E-state index contributed by atoms with van der Waals surface area (Å²) in [6.45, 7) is 4.08. The van der Waals surface area contributed by atoms with E-state index in [-0.39, 0.29) is 24.4 Å². The second-order valence-electron chi connectivity index (χ2n) is 7.66. The third-order valence-corrected chi connectivity index (χ3v) is 5.93. The highest BCUT2D eigenvalue weighted by Gasteiger charge is 2.37. The summed E-state index contributed by atoms with van der Waals surface area (Å²) in [5.74, 6) is -0.0372. The number of carbonyl (C=O) groups is 1. The summed E-state index contributed by atoms with van der Waals surface area (Å²) in [6.07, 6.45) is 7.11. The minimum Gasteiger partial charge on any atom is -0.389 e. The number of aryl methyl sites for hydroxylation is 1. The summed E-state index contributed by atoms with van der Waals surface area (Å²) >= 11 is 0. The molecule has 1 saturated heterocycles. The number of aliphatic hydroxyl groups excluding tert-OH is 1. The molecule has 1 aliphatic carbocycles. The molecule has 1 amide bonds. The van der Waals surface area contributed by atoms with Crippen LogP contribution < -0.4 is 5.32 Å². The van der Waals surface area contributed by atoms with E-state index >= 15 is 0 Å². The molecule has 0 bridgehead atoms. The predicted molar refractivity (Wildman–Crippen MR) is 100 cm³/mol. The van der Waals surface area contributed by atoms with Gasteiger partial charge in [0.1, 0.15) is 5.65 Å². The molecule has 26 heavy (non-hydrogen) atoms. The van der Waals surface area contributed by atoms with Crippen molar-refractivity contribution in [1.29, 1.82) is 0 Å². The molecule has 0 unspecified atom stereocenters. The first-order chi connectivity index (χ1) is 12.6. The molecular formula is C20H28N4O2. The van der Waals surface area contributed by atoms with Gasteiger partial charge in [-0.3, -0.25) is 9.69 Å². The Kier molecular flexibility index (Phi) is 4.96. The molecular weight excluding hydrogens is 328 g/mol. The van der Waals surface area contributed by atoms with Crippen LogP contribution in [-0.4, -0.2) is 56.6 Å². The highest BCUT2D eigenvalue weighted by molar-refractivity contribution is 5.79. The molecule has 6 nitrogen and oxygen atoms in total. The van der Waals surface area contributed by atoms with Gasteiger partial charge in [-0.1, -0.05) is 6.07 Å². The van der Waals surface area contributed by atoms with Gasteiger partial charge in [0.2, 0.25) is 5.91 Å². The van der Waals surface area contributed by atoms with Crippen LogP contribution in [0.25, 0.3) is 5.65 Å². The summed E-state index contributed by atoms with van der Waals surface area (Å²) in [5.41, 5.74) is 2.66. The lowest BCUT2D eigenvalue weighted by molar-refractivity contribution is -0.123. The summed E-state index contributed by atoms with van der Waals surface area (Å²) < 4.78 is 1.97. The fourth-order valence-electron chi connectivity index (χ4n) is 4.57. The maximum Gasteiger partial charge on any atom is 0.226 e. The Bertz CT molecular complexity index is 781. The van der Waals surface area contributed by atoms with Crippen molar-refractivity contribution in [3.05, 3.63) is 35.8 Å². The molecule has 0 aromatic carbocycles. The van der Waals surface area contributed by atoms with Gasteiger partial charge in [0, 0.05) is 12.2 Å². The van der Waals surface area contributed by atoms with Crippen LogP contribution in [0.2, 0.25) is 0 Å². The third kappa shape index (κ3) is 3.35. The molecule has 4 rings (SSSR count). The van der Waals surface area contributed by atoms with Gasteiger partial charge < -0.3 is 14.8 Å². The molecule has 6 heteroatoms. The predicted octanol–water partition coefficient (Wildman–Crippen LogP) is 1.68. The molecule has 0 radical (unpaired) electrons. The number of rotatable bonds is 4. The van der Waals surface area contributed by atoms with Crippen molar-refractivity contribution in [2.45, 2.75) is 63.6 Å². The van der Waals surface area contributed by atoms with Crippen molar-refractivity contribution in [3.8, 4) is 0 Å². The number of fused-ring (bicyclic) bond motifs is 1. The largest absolute Gasteiger partial charge is 0.389 e. The Hall–Kier alpha value is -1.92. The standard InChI is InChI=1S/C20H28N4O2/c1-14-17(24-12-3-2-9-18(24)21-14)13-19(25)22-15-7-6-8-16(20(15)26)23-10-4-5-11-23/h2-3,9,12,15-16,20,26H,4-8,10-11,13H2,1H3,(H,22,25)/t15-,16-,20-/m1/s1. The number of aromatic nitrogens is 2. The third-order valence-electron chi connectivity index (χ3n) is 5.93. The molecule has 1 saturated carbocycles. The summed E-state index contributed by atoms with van der Waals surface area (Å²) in [7, 11) is 0. The summed E-state index contributed by atoms with van der Waals surface area (Å²) in [6, 6.07) is 5.87. The average molecular weight is 356 g/mol. The van der Waals surface area contributed by atoms with Gasteiger partial charge in [0.05, 0.1) is 30.0 Å². The topological polar surface area (TPSA) is 69.9 Å². The molecule has 1 aliphatic heterocycles. The Balaban J connectivity index is 1.43. The monoisotopic (exact) mass is 356 g/mol. The fraction of sp³-hybridized carbons (Fsp3) is 0.600. The number of likely N-dealkylation sites (tertiary alicyclic amines) is 1. The van der Waals surface area contributed by atoms with Crippen molar-refractivity contribution in [3.63, 3.8) is 0 Å². The first-order valence-corrected chi connectivity index (χ1v) is 9.77. The van der Waals surface area contributed by atoms with E-state index in [4.69, 9.17) is 0 Å². The average Bonchev–Trinajstić information content (AvgIpc) is 3.26. The summed E-state index contributed by atoms with van der Waals surface area (Å²) in [5, 5.41) is 13.9. The maximum absolute atomic E-state index is 12.7. The van der Waals surface area contributed by atoms with Crippen LogP contribution >= 0.6 is 0 Å². The number of imidazole rings is 1. The van der Waals surface area contributed by atoms with Gasteiger partial charge >= 0.3 is 0 Å². The van der Waals surface area contributed by atoms with Crippen LogP contribution in [0.15, 0.2) is 24.4 Å². The van der Waals surface area contributed by atoms with Gasteiger partial charge in [-0.25, -0.2) is 4.98 Å². The van der Waals surface area contributed by atoms with E-state index < -0.39 is 6.10 Å². The van der Waals surface area contributed by atoms with Crippen LogP contribution in [0.5, 0.6) is 0 Å². The number of pyridine rings is 1. The molecule has 2 aromatic rings. The zero-order chi connectivity index (χ0) is 18.1. The molecule has 3 heterocycles. The number of nitrogens with zero attached hydrogens (tertiary/aromatic N) is 3. The summed E-state index contributed by atoms with van der Waals surface area (Å²) in [4.78, 5) is 19.6. The molecule has 2 aromatic heterocycles. The van der Waals surface area contributed by atoms with Crippen LogP contribution in [0, 0.1) is 6.92 Å². The Morgan fingerprint density at radius 2 is 2.08 bits per heavy atom. The number of nitrogens with one attached hydrogen (secondary N) is 1. The normalized spacial score (nSPS) is 27.1. The van der Waals surface area contributed by atoms with E-state index in [1.807, 2.05) is 35.7 Å². The van der Waals surface area contributed by atoms with E-state index in [0.29, 0.717) is 0 Å². The highest BCUT2D eigenvalue weighted by atomic mass is 16.3. The van der Waals surface area contributed by atoms with E-state index in [0.717, 1.165) is 49.4 Å². The molecule has 2 N–H and O–H groups in total. The highest BCUT2D eigenvalue weighted by Crippen LogP contribution is 2.26. The van der Waals surface area contributed by atoms with E-state index in [2.05, 4.69) is 15.2 Å². The molecule has 2 aliphatic rings. The number of aliphatic hydroxyl groups is 1. The van der Waals surface area contributed by atoms with Crippen molar-refractivity contribution >= 4 is 11.6 Å². The Morgan fingerprint density at radius 3 is 2.88 bits per heavy atom. The van der Waals surface area contributed by atoms with Gasteiger partial charge in [0.25, 0.3) is 0 Å². The van der Waals surface area contributed by atoms with Crippen LogP contribution in [0.1, 0.15) is 43.5 Å². The molecule has 2 fully saturated rings. The second-order valence-corrected chi connectivity index (χ2v) is 7.66. The van der Waals surface area contributed by atoms with Crippen LogP contribution in [0.3, 0.4) is 0 Å². The van der Waals surface area contributed by atoms with E-state index in [1.165, 1.54) is 12.8 Å². The lowest BCUT2D eigenvalue weighted by Gasteiger charge is -2.40. The minimum absolute atomic E-state index is 0.0372. The first kappa shape index (κ1) is 17.5. The van der Waals surface area contributed by atoms with Gasteiger partial charge in [0.15, 0.2) is 0 Å². The van der Waals surface area contributed by atoms with E-state index in [9.17, 15) is 9.90 Å². The number of hydrogen-bond acceptors (Lipinski definition) is 4. The fourth-order valence-corrected chi connectivity index (χ4v) is 4.57. The van der Waals surface area contributed by atoms with Crippen molar-refractivity contribution in [2.75, 3.05) is 13.1 Å². The number of amides is 1. The smallest absolute Gasteiger partial charge is 0.226 e. The molecule has 0 spiro atoms. The van der Waals surface area contributed by atoms with Gasteiger partial charge in [-0.15, -0.1) is 0 Å². The molecule has 3 atom stereocenters. The SMILES string of the molecule is Cc1nc2ccccn2c1CC(=O)N[C@@H]1CCC[C@@H](N2CCCC2)[C@@H]1O. The lowest BCUT2D eigenvalue weighted by atomic mass is 9.87. The van der Waals surface area contributed by atoms with Crippen LogP contribution in [0.4, 0.5) is 0 Å². The lowest BCUT2D eigenvalue weighted by Crippen LogP contribution is -2.56. The zero-order valence-electron chi connectivity index (χ0n) is 15.4. The quantitative estimate of drug-likeness (QED) is 0.874. The van der Waals surface area contributed by atoms with Gasteiger partial charge in [-0.2, -0.15) is 0 Å². The van der Waals surface area contributed by atoms with Gasteiger partial charge in [-0.05, 0) is 64.3 Å². The minimum atomic E-state index is -0.478. The van der Waals surface area contributed by atoms with Crippen molar-refractivity contribution < 1.29 is 9.90 Å². The van der Waals surface area contributed by atoms with E-state index in [1.54, 1.807) is 0 Å². The van der Waals surface area contributed by atoms with Crippen molar-refractivity contribution in [1.82, 2.24) is 19.6 Å². The number of carbonyl (C=O) groups excluding carboxylic acids is 1. The Labute approximate surface area is 154 Å².